The Morgan fingerprint density at radius 1 is 1.46 bits per heavy atom. The zero-order valence-electron chi connectivity index (χ0n) is 7.37. The summed E-state index contributed by atoms with van der Waals surface area (Å²) >= 11 is 3.25. The number of anilines is 1. The second-order valence-corrected chi connectivity index (χ2v) is 4.70. The molecule has 0 aliphatic heterocycles. The molecule has 0 bridgehead atoms. The molecule has 0 fully saturated rings. The van der Waals surface area contributed by atoms with Crippen LogP contribution in [0.25, 0.3) is 10.2 Å². The van der Waals surface area contributed by atoms with Gasteiger partial charge in [-0.2, -0.15) is 0 Å². The number of thiophene rings is 1. The third-order valence-electron chi connectivity index (χ3n) is 1.69. The Hall–Kier alpha value is -0.810. The van der Waals surface area contributed by atoms with E-state index in [0.29, 0.717) is 5.95 Å². The van der Waals surface area contributed by atoms with E-state index in [1.165, 1.54) is 4.88 Å². The first-order valence-electron chi connectivity index (χ1n) is 3.78. The van der Waals surface area contributed by atoms with E-state index in [1.807, 2.05) is 6.26 Å². The number of thioether (sulfide) groups is 1. The lowest BCUT2D eigenvalue weighted by Crippen LogP contribution is -1.94. The molecule has 13 heavy (non-hydrogen) atoms. The average molecular weight is 211 g/mol. The summed E-state index contributed by atoms with van der Waals surface area (Å²) in [6, 6.07) is 2.10. The van der Waals surface area contributed by atoms with Crippen molar-refractivity contribution in [3.8, 4) is 0 Å². The van der Waals surface area contributed by atoms with Gasteiger partial charge in [0.1, 0.15) is 9.86 Å². The van der Waals surface area contributed by atoms with Gasteiger partial charge in [0, 0.05) is 10.3 Å². The van der Waals surface area contributed by atoms with Gasteiger partial charge in [0.25, 0.3) is 0 Å². The predicted molar refractivity (Wildman–Crippen MR) is 58.3 cm³/mol. The third-order valence-corrected chi connectivity index (χ3v) is 3.33. The first-order valence-corrected chi connectivity index (χ1v) is 5.82. The quantitative estimate of drug-likeness (QED) is 0.581. The highest BCUT2D eigenvalue weighted by Crippen LogP contribution is 2.30. The summed E-state index contributed by atoms with van der Waals surface area (Å²) in [7, 11) is 0. The van der Waals surface area contributed by atoms with Crippen LogP contribution < -0.4 is 5.73 Å². The Morgan fingerprint density at radius 2 is 2.23 bits per heavy atom. The van der Waals surface area contributed by atoms with Gasteiger partial charge in [0.15, 0.2) is 0 Å². The average Bonchev–Trinajstić information content (AvgIpc) is 2.43. The maximum Gasteiger partial charge on any atom is 0.222 e. The fourth-order valence-corrected chi connectivity index (χ4v) is 2.70. The van der Waals surface area contributed by atoms with E-state index in [9.17, 15) is 0 Å². The fourth-order valence-electron chi connectivity index (χ4n) is 1.19. The molecule has 0 spiro atoms. The van der Waals surface area contributed by atoms with Gasteiger partial charge in [-0.1, -0.05) is 0 Å². The normalized spacial score (nSPS) is 10.9. The summed E-state index contributed by atoms with van der Waals surface area (Å²) in [4.78, 5) is 10.6. The summed E-state index contributed by atoms with van der Waals surface area (Å²) in [6.07, 6.45) is 1.99. The highest BCUT2D eigenvalue weighted by atomic mass is 32.2. The van der Waals surface area contributed by atoms with E-state index in [0.717, 1.165) is 15.2 Å². The minimum absolute atomic E-state index is 0.360. The van der Waals surface area contributed by atoms with Crippen LogP contribution in [0, 0.1) is 6.92 Å². The van der Waals surface area contributed by atoms with E-state index < -0.39 is 0 Å². The maximum absolute atomic E-state index is 5.58. The van der Waals surface area contributed by atoms with Crippen molar-refractivity contribution in [3.05, 3.63) is 10.9 Å². The topological polar surface area (TPSA) is 51.8 Å². The smallest absolute Gasteiger partial charge is 0.222 e. The number of aryl methyl sites for hydroxylation is 1. The van der Waals surface area contributed by atoms with Crippen LogP contribution in [0.2, 0.25) is 0 Å². The molecule has 0 aliphatic carbocycles. The summed E-state index contributed by atoms with van der Waals surface area (Å²) in [6.45, 7) is 2.06. The molecule has 2 N–H and O–H groups in total. The second-order valence-electron chi connectivity index (χ2n) is 2.67. The molecule has 68 valence electrons. The highest BCUT2D eigenvalue weighted by Gasteiger charge is 2.07. The van der Waals surface area contributed by atoms with Gasteiger partial charge < -0.3 is 5.73 Å². The highest BCUT2D eigenvalue weighted by molar-refractivity contribution is 7.98. The van der Waals surface area contributed by atoms with E-state index in [2.05, 4.69) is 23.0 Å². The first-order chi connectivity index (χ1) is 6.20. The van der Waals surface area contributed by atoms with Gasteiger partial charge in [-0.15, -0.1) is 23.1 Å². The van der Waals surface area contributed by atoms with Crippen LogP contribution in [0.4, 0.5) is 5.95 Å². The summed E-state index contributed by atoms with van der Waals surface area (Å²) < 4.78 is 0. The van der Waals surface area contributed by atoms with Crippen LogP contribution in [0.15, 0.2) is 11.1 Å². The summed E-state index contributed by atoms with van der Waals surface area (Å²) in [5.74, 6) is 0.360. The number of hydrogen-bond acceptors (Lipinski definition) is 5. The number of nitrogens with two attached hydrogens (primary N) is 1. The molecular formula is C8H9N3S2. The molecule has 0 aliphatic rings. The monoisotopic (exact) mass is 211 g/mol. The van der Waals surface area contributed by atoms with Crippen LogP contribution in [-0.2, 0) is 0 Å². The molecule has 0 atom stereocenters. The number of fused-ring (bicyclic) bond motifs is 1. The van der Waals surface area contributed by atoms with Crippen molar-refractivity contribution in [1.29, 1.82) is 0 Å². The van der Waals surface area contributed by atoms with Gasteiger partial charge in [-0.05, 0) is 19.2 Å². The number of hydrogen-bond donors (Lipinski definition) is 1. The fraction of sp³-hybridized carbons (Fsp3) is 0.250. The van der Waals surface area contributed by atoms with Crippen LogP contribution in [0.3, 0.4) is 0 Å². The summed E-state index contributed by atoms with van der Waals surface area (Å²) in [5.41, 5.74) is 5.58. The van der Waals surface area contributed by atoms with Crippen LogP contribution in [0.5, 0.6) is 0 Å². The standard InChI is InChI=1S/C8H9N3S2/c1-4-3-5-6(12-2)10-8(9)11-7(5)13-4/h3H,1-2H3,(H2,9,10,11). The lowest BCUT2D eigenvalue weighted by Gasteiger charge is -1.98. The SMILES string of the molecule is CSc1nc(N)nc2sc(C)cc12. The lowest BCUT2D eigenvalue weighted by molar-refractivity contribution is 1.13. The number of nitrogens with zero attached hydrogens (tertiary/aromatic N) is 2. The van der Waals surface area contributed by atoms with Crippen LogP contribution in [-0.4, -0.2) is 16.2 Å². The van der Waals surface area contributed by atoms with Crippen molar-refractivity contribution in [2.75, 3.05) is 12.0 Å². The zero-order valence-corrected chi connectivity index (χ0v) is 9.00. The van der Waals surface area contributed by atoms with Crippen molar-refractivity contribution in [1.82, 2.24) is 9.97 Å². The van der Waals surface area contributed by atoms with Crippen molar-refractivity contribution < 1.29 is 0 Å². The molecule has 0 saturated heterocycles. The number of rotatable bonds is 1. The Balaban J connectivity index is 2.80. The molecule has 2 aromatic rings. The molecule has 2 rings (SSSR count). The Kier molecular flexibility index (Phi) is 2.13. The molecule has 0 aromatic carbocycles. The molecule has 3 nitrogen and oxygen atoms in total. The van der Waals surface area contributed by atoms with E-state index >= 15 is 0 Å². The molecule has 0 radical (unpaired) electrons. The van der Waals surface area contributed by atoms with Crippen LogP contribution in [0.1, 0.15) is 4.88 Å². The Labute approximate surface area is 84.4 Å². The predicted octanol–water partition coefficient (Wildman–Crippen LogP) is 2.30. The number of aromatic nitrogens is 2. The Bertz CT molecular complexity index is 450. The number of nitrogen functional groups attached to an aromatic ring is 1. The molecule has 5 heteroatoms. The van der Waals surface area contributed by atoms with Crippen molar-refractivity contribution in [3.63, 3.8) is 0 Å². The first kappa shape index (κ1) is 8.77. The van der Waals surface area contributed by atoms with Gasteiger partial charge >= 0.3 is 0 Å². The third kappa shape index (κ3) is 1.49. The molecule has 0 saturated carbocycles. The molecule has 2 heterocycles. The minimum Gasteiger partial charge on any atom is -0.368 e. The molecule has 2 aromatic heterocycles. The largest absolute Gasteiger partial charge is 0.368 e. The molecule has 0 amide bonds. The second kappa shape index (κ2) is 3.16. The van der Waals surface area contributed by atoms with E-state index in [-0.39, 0.29) is 0 Å². The zero-order chi connectivity index (χ0) is 9.42. The van der Waals surface area contributed by atoms with Crippen molar-refractivity contribution in [2.24, 2.45) is 0 Å². The molecule has 0 unspecified atom stereocenters. The van der Waals surface area contributed by atoms with E-state index in [1.54, 1.807) is 23.1 Å². The Morgan fingerprint density at radius 3 is 2.92 bits per heavy atom. The van der Waals surface area contributed by atoms with Crippen molar-refractivity contribution >= 4 is 39.3 Å². The lowest BCUT2D eigenvalue weighted by atomic mass is 10.4. The van der Waals surface area contributed by atoms with Gasteiger partial charge in [-0.25, -0.2) is 9.97 Å². The minimum atomic E-state index is 0.360. The van der Waals surface area contributed by atoms with Gasteiger partial charge in [0.05, 0.1) is 0 Å². The van der Waals surface area contributed by atoms with Gasteiger partial charge in [0.2, 0.25) is 5.95 Å². The van der Waals surface area contributed by atoms with Crippen molar-refractivity contribution in [2.45, 2.75) is 11.9 Å². The van der Waals surface area contributed by atoms with Gasteiger partial charge in [-0.3, -0.25) is 0 Å². The summed E-state index contributed by atoms with van der Waals surface area (Å²) in [5, 5.41) is 2.08. The van der Waals surface area contributed by atoms with Crippen LogP contribution >= 0.6 is 23.1 Å². The van der Waals surface area contributed by atoms with E-state index in [4.69, 9.17) is 5.73 Å². The maximum atomic E-state index is 5.58. The molecular weight excluding hydrogens is 202 g/mol.